The molecule has 0 radical (unpaired) electrons. The summed E-state index contributed by atoms with van der Waals surface area (Å²) in [6.07, 6.45) is 5.05. The molecule has 1 aromatic carbocycles. The lowest BCUT2D eigenvalue weighted by Gasteiger charge is -2.42. The molecular weight excluding hydrogens is 421 g/mol. The first kappa shape index (κ1) is 23.2. The highest BCUT2D eigenvalue weighted by molar-refractivity contribution is 6.35. The van der Waals surface area contributed by atoms with Gasteiger partial charge in [-0.05, 0) is 46.9 Å². The number of tetrazole rings is 1. The van der Waals surface area contributed by atoms with Crippen molar-refractivity contribution in [1.29, 1.82) is 0 Å². The van der Waals surface area contributed by atoms with E-state index in [2.05, 4.69) is 61.1 Å². The first-order chi connectivity index (χ1) is 14.2. The standard InChI is InChI=1S/C22H31Cl2N5O/c1-6-22(5,28-11-13-30-14-12-28)20-25-26-27-29(20)19(21(2,3)4)10-8-16-7-9-17(23)15-18(16)24/h7-10,15,19H,6,11-14H2,1-5H3/b10-8+/t19-,22-/m0/s1. The summed E-state index contributed by atoms with van der Waals surface area (Å²) in [5.74, 6) is 0.874. The van der Waals surface area contributed by atoms with Crippen molar-refractivity contribution in [3.63, 3.8) is 0 Å². The van der Waals surface area contributed by atoms with Crippen LogP contribution in [-0.2, 0) is 10.3 Å². The monoisotopic (exact) mass is 451 g/mol. The number of aromatic nitrogens is 4. The van der Waals surface area contributed by atoms with Gasteiger partial charge in [0.05, 0.1) is 24.8 Å². The molecule has 0 unspecified atom stereocenters. The van der Waals surface area contributed by atoms with E-state index >= 15 is 0 Å². The predicted octanol–water partition coefficient (Wildman–Crippen LogP) is 5.24. The highest BCUT2D eigenvalue weighted by atomic mass is 35.5. The minimum Gasteiger partial charge on any atom is -0.379 e. The Kier molecular flexibility index (Phi) is 7.23. The van der Waals surface area contributed by atoms with Gasteiger partial charge in [-0.1, -0.05) is 69.1 Å². The molecule has 30 heavy (non-hydrogen) atoms. The summed E-state index contributed by atoms with van der Waals surface area (Å²) >= 11 is 12.4. The molecule has 0 amide bonds. The summed E-state index contributed by atoms with van der Waals surface area (Å²) in [4.78, 5) is 2.43. The van der Waals surface area contributed by atoms with Gasteiger partial charge in [0.1, 0.15) is 0 Å². The van der Waals surface area contributed by atoms with Gasteiger partial charge in [-0.15, -0.1) is 5.10 Å². The minimum absolute atomic E-state index is 0.0545. The van der Waals surface area contributed by atoms with Crippen molar-refractivity contribution in [3.05, 3.63) is 45.7 Å². The SMILES string of the molecule is CC[C@@](C)(c1nnnn1[C@@H](/C=C/c1ccc(Cl)cc1Cl)C(C)(C)C)N1CCOCC1. The summed E-state index contributed by atoms with van der Waals surface area (Å²) < 4.78 is 7.53. The molecule has 1 aliphatic rings. The molecule has 0 spiro atoms. The zero-order valence-electron chi connectivity index (χ0n) is 18.4. The zero-order valence-corrected chi connectivity index (χ0v) is 19.9. The zero-order chi connectivity index (χ0) is 21.9. The molecule has 164 valence electrons. The second-order valence-corrected chi connectivity index (χ2v) is 9.85. The van der Waals surface area contributed by atoms with Crippen molar-refractivity contribution in [3.8, 4) is 0 Å². The minimum atomic E-state index is -0.275. The molecule has 2 atom stereocenters. The normalized spacial score (nSPS) is 19.2. The second kappa shape index (κ2) is 9.35. The van der Waals surface area contributed by atoms with Crippen LogP contribution in [0.15, 0.2) is 24.3 Å². The number of nitrogens with zero attached hydrogens (tertiary/aromatic N) is 5. The molecule has 1 aromatic heterocycles. The number of morpholine rings is 1. The summed E-state index contributed by atoms with van der Waals surface area (Å²) in [5.41, 5.74) is 0.526. The van der Waals surface area contributed by atoms with Crippen molar-refractivity contribution in [2.45, 2.75) is 52.6 Å². The Hall–Kier alpha value is -1.47. The largest absolute Gasteiger partial charge is 0.379 e. The van der Waals surface area contributed by atoms with Gasteiger partial charge in [-0.2, -0.15) is 0 Å². The van der Waals surface area contributed by atoms with E-state index in [9.17, 15) is 0 Å². The fraction of sp³-hybridized carbons (Fsp3) is 0.591. The maximum Gasteiger partial charge on any atom is 0.171 e. The topological polar surface area (TPSA) is 56.1 Å². The quantitative estimate of drug-likeness (QED) is 0.600. The average molecular weight is 452 g/mol. The number of hydrogen-bond donors (Lipinski definition) is 0. The van der Waals surface area contributed by atoms with Crippen LogP contribution in [0.1, 0.15) is 58.5 Å². The van der Waals surface area contributed by atoms with Gasteiger partial charge in [0.15, 0.2) is 5.82 Å². The molecule has 1 aliphatic heterocycles. The Bertz CT molecular complexity index is 886. The van der Waals surface area contributed by atoms with Crippen LogP contribution in [0, 0.1) is 5.41 Å². The number of hydrogen-bond acceptors (Lipinski definition) is 5. The van der Waals surface area contributed by atoms with Crippen LogP contribution in [0.5, 0.6) is 0 Å². The van der Waals surface area contributed by atoms with E-state index in [0.29, 0.717) is 10.0 Å². The van der Waals surface area contributed by atoms with Crippen molar-refractivity contribution >= 4 is 29.3 Å². The lowest BCUT2D eigenvalue weighted by molar-refractivity contribution is -0.0258. The van der Waals surface area contributed by atoms with E-state index in [4.69, 9.17) is 27.9 Å². The summed E-state index contributed by atoms with van der Waals surface area (Å²) in [6, 6.07) is 5.46. The van der Waals surface area contributed by atoms with E-state index < -0.39 is 0 Å². The smallest absolute Gasteiger partial charge is 0.171 e. The third kappa shape index (κ3) is 4.88. The van der Waals surface area contributed by atoms with Crippen molar-refractivity contribution in [1.82, 2.24) is 25.1 Å². The third-order valence-corrected chi connectivity index (χ3v) is 6.51. The molecule has 3 rings (SSSR count). The Morgan fingerprint density at radius 1 is 1.17 bits per heavy atom. The van der Waals surface area contributed by atoms with Crippen LogP contribution in [0.4, 0.5) is 0 Å². The van der Waals surface area contributed by atoms with Crippen LogP contribution in [0.3, 0.4) is 0 Å². The van der Waals surface area contributed by atoms with Gasteiger partial charge >= 0.3 is 0 Å². The van der Waals surface area contributed by atoms with E-state index in [1.54, 1.807) is 6.07 Å². The molecule has 2 aromatic rings. The van der Waals surface area contributed by atoms with E-state index in [1.807, 2.05) is 22.9 Å². The van der Waals surface area contributed by atoms with E-state index in [0.717, 1.165) is 44.1 Å². The fourth-order valence-electron chi connectivity index (χ4n) is 3.88. The average Bonchev–Trinajstić information content (AvgIpc) is 3.18. The third-order valence-electron chi connectivity index (χ3n) is 5.94. The molecule has 0 saturated carbocycles. The Balaban J connectivity index is 2.00. The van der Waals surface area contributed by atoms with Crippen LogP contribution in [-0.4, -0.2) is 51.4 Å². The van der Waals surface area contributed by atoms with E-state index in [-0.39, 0.29) is 17.0 Å². The van der Waals surface area contributed by atoms with Crippen LogP contribution in [0.2, 0.25) is 10.0 Å². The molecular formula is C22H31Cl2N5O. The van der Waals surface area contributed by atoms with Gasteiger partial charge < -0.3 is 4.74 Å². The molecule has 0 N–H and O–H groups in total. The van der Waals surface area contributed by atoms with Gasteiger partial charge in [0, 0.05) is 23.1 Å². The van der Waals surface area contributed by atoms with Crippen molar-refractivity contribution in [2.75, 3.05) is 26.3 Å². The Morgan fingerprint density at radius 3 is 2.47 bits per heavy atom. The van der Waals surface area contributed by atoms with Gasteiger partial charge in [0.2, 0.25) is 0 Å². The lowest BCUT2D eigenvalue weighted by atomic mass is 9.85. The highest BCUT2D eigenvalue weighted by Gasteiger charge is 2.40. The van der Waals surface area contributed by atoms with E-state index in [1.165, 1.54) is 0 Å². The molecule has 6 nitrogen and oxygen atoms in total. The maximum absolute atomic E-state index is 6.38. The Morgan fingerprint density at radius 2 is 1.87 bits per heavy atom. The fourth-order valence-corrected chi connectivity index (χ4v) is 4.36. The van der Waals surface area contributed by atoms with Crippen LogP contribution < -0.4 is 0 Å². The molecule has 2 heterocycles. The summed E-state index contributed by atoms with van der Waals surface area (Å²) in [5, 5.41) is 14.2. The second-order valence-electron chi connectivity index (χ2n) is 9.01. The van der Waals surface area contributed by atoms with Crippen LogP contribution in [0.25, 0.3) is 6.08 Å². The highest BCUT2D eigenvalue weighted by Crippen LogP contribution is 2.38. The number of rotatable bonds is 6. The number of benzene rings is 1. The van der Waals surface area contributed by atoms with Gasteiger partial charge in [-0.25, -0.2) is 4.68 Å². The van der Waals surface area contributed by atoms with Crippen LogP contribution >= 0.6 is 23.2 Å². The molecule has 8 heteroatoms. The molecule has 0 aliphatic carbocycles. The lowest BCUT2D eigenvalue weighted by Crippen LogP contribution is -2.51. The van der Waals surface area contributed by atoms with Gasteiger partial charge in [0.25, 0.3) is 0 Å². The number of halogens is 2. The van der Waals surface area contributed by atoms with Gasteiger partial charge in [-0.3, -0.25) is 4.90 Å². The molecule has 1 saturated heterocycles. The van der Waals surface area contributed by atoms with Crippen molar-refractivity contribution < 1.29 is 4.74 Å². The molecule has 1 fully saturated rings. The van der Waals surface area contributed by atoms with Crippen molar-refractivity contribution in [2.24, 2.45) is 5.41 Å². The first-order valence-corrected chi connectivity index (χ1v) is 11.2. The number of ether oxygens (including phenoxy) is 1. The molecule has 0 bridgehead atoms. The maximum atomic E-state index is 6.38. The summed E-state index contributed by atoms with van der Waals surface area (Å²) in [6.45, 7) is 14.2. The number of allylic oxidation sites excluding steroid dienone is 1. The predicted molar refractivity (Wildman–Crippen MR) is 122 cm³/mol. The summed E-state index contributed by atoms with van der Waals surface area (Å²) in [7, 11) is 0. The Labute approximate surface area is 189 Å². The first-order valence-electron chi connectivity index (χ1n) is 10.4.